The van der Waals surface area contributed by atoms with E-state index in [1.165, 1.54) is 5.56 Å². The molecule has 0 saturated carbocycles. The average Bonchev–Trinajstić information content (AvgIpc) is 2.52. The Morgan fingerprint density at radius 1 is 1.20 bits per heavy atom. The third kappa shape index (κ3) is 3.82. The summed E-state index contributed by atoms with van der Waals surface area (Å²) in [4.78, 5) is 5.31. The summed E-state index contributed by atoms with van der Waals surface area (Å²) in [5.41, 5.74) is 4.33. The summed E-state index contributed by atoms with van der Waals surface area (Å²) in [7, 11) is 0. The molecule has 0 bridgehead atoms. The predicted molar refractivity (Wildman–Crippen MR) is 83.7 cm³/mol. The minimum absolute atomic E-state index is 0.419. The quantitative estimate of drug-likeness (QED) is 0.562. The lowest BCUT2D eigenvalue weighted by Gasteiger charge is -2.03. The number of hydrogen-bond donors (Lipinski definition) is 0. The molecule has 2 aromatic carbocycles. The Labute approximate surface area is 120 Å². The molecule has 0 atom stereocenters. The molecule has 0 amide bonds. The smallest absolute Gasteiger partial charge is 0.142 e. The molecule has 0 N–H and O–H groups in total. The van der Waals surface area contributed by atoms with Crippen LogP contribution in [-0.2, 0) is 17.9 Å². The van der Waals surface area contributed by atoms with E-state index in [2.05, 4.69) is 37.0 Å². The van der Waals surface area contributed by atoms with Crippen molar-refractivity contribution in [2.75, 3.05) is 0 Å². The molecule has 0 aliphatic rings. The highest BCUT2D eigenvalue weighted by Crippen LogP contribution is 2.11. The highest BCUT2D eigenvalue weighted by molar-refractivity contribution is 5.79. The standard InChI is InChI=1S/C18H18NO/c1-3-15-8-7-9-16(12-15)13-19-20-14-18-11-6-5-10-17(18)4-2/h4-12H,2-3,14H2,1H3. The molecule has 0 saturated heterocycles. The van der Waals surface area contributed by atoms with Crippen LogP contribution in [-0.4, -0.2) is 6.21 Å². The zero-order valence-corrected chi connectivity index (χ0v) is 11.7. The number of benzene rings is 2. The minimum atomic E-state index is 0.419. The van der Waals surface area contributed by atoms with Gasteiger partial charge in [0.25, 0.3) is 0 Å². The van der Waals surface area contributed by atoms with E-state index in [4.69, 9.17) is 4.84 Å². The van der Waals surface area contributed by atoms with Crippen LogP contribution in [0.3, 0.4) is 0 Å². The third-order valence-corrected chi connectivity index (χ3v) is 3.07. The van der Waals surface area contributed by atoms with Gasteiger partial charge in [0.05, 0.1) is 0 Å². The number of nitrogens with zero attached hydrogens (tertiary/aromatic N) is 1. The maximum absolute atomic E-state index is 5.31. The summed E-state index contributed by atoms with van der Waals surface area (Å²) in [5.74, 6) is 0. The van der Waals surface area contributed by atoms with Gasteiger partial charge in [0.2, 0.25) is 0 Å². The summed E-state index contributed by atoms with van der Waals surface area (Å²) < 4.78 is 0. The van der Waals surface area contributed by atoms with Crippen LogP contribution in [0.15, 0.2) is 60.3 Å². The van der Waals surface area contributed by atoms with Gasteiger partial charge >= 0.3 is 0 Å². The molecule has 0 fully saturated rings. The summed E-state index contributed by atoms with van der Waals surface area (Å²) in [6.07, 6.45) is 5.72. The second-order valence-corrected chi connectivity index (χ2v) is 4.43. The van der Waals surface area contributed by atoms with Gasteiger partial charge in [-0.05, 0) is 29.2 Å². The molecule has 0 aliphatic heterocycles. The fourth-order valence-corrected chi connectivity index (χ4v) is 1.91. The molecular formula is C18H18NO. The van der Waals surface area contributed by atoms with E-state index in [-0.39, 0.29) is 0 Å². The maximum Gasteiger partial charge on any atom is 0.142 e. The largest absolute Gasteiger partial charge is 0.390 e. The van der Waals surface area contributed by atoms with Crippen LogP contribution in [0.4, 0.5) is 0 Å². The first-order valence-electron chi connectivity index (χ1n) is 6.70. The second kappa shape index (κ2) is 7.29. The Morgan fingerprint density at radius 3 is 2.85 bits per heavy atom. The third-order valence-electron chi connectivity index (χ3n) is 3.07. The Kier molecular flexibility index (Phi) is 5.13. The van der Waals surface area contributed by atoms with Gasteiger partial charge in [-0.1, -0.05) is 67.2 Å². The van der Waals surface area contributed by atoms with Crippen molar-refractivity contribution in [3.8, 4) is 0 Å². The highest BCUT2D eigenvalue weighted by Gasteiger charge is 1.98. The van der Waals surface area contributed by atoms with Gasteiger partial charge in [-0.15, -0.1) is 0 Å². The van der Waals surface area contributed by atoms with Crippen LogP contribution in [0.1, 0.15) is 29.2 Å². The molecule has 0 aliphatic carbocycles. The van der Waals surface area contributed by atoms with Crippen molar-refractivity contribution in [3.63, 3.8) is 0 Å². The van der Waals surface area contributed by atoms with Gasteiger partial charge in [-0.2, -0.15) is 0 Å². The molecule has 1 radical (unpaired) electrons. The molecule has 2 nitrogen and oxygen atoms in total. The van der Waals surface area contributed by atoms with Crippen molar-refractivity contribution in [3.05, 3.63) is 77.4 Å². The number of rotatable bonds is 6. The molecular weight excluding hydrogens is 246 g/mol. The molecule has 0 aromatic heterocycles. The first kappa shape index (κ1) is 14.1. The van der Waals surface area contributed by atoms with Crippen LogP contribution in [0, 0.1) is 0 Å². The SMILES string of the molecule is C=Cc1ccccc1CO/N=[C]\c1cccc(CC)c1. The van der Waals surface area contributed by atoms with Crippen molar-refractivity contribution < 1.29 is 4.84 Å². The Balaban J connectivity index is 1.95. The summed E-state index contributed by atoms with van der Waals surface area (Å²) in [5, 5.41) is 3.90. The maximum atomic E-state index is 5.31. The van der Waals surface area contributed by atoms with Gasteiger partial charge in [0.1, 0.15) is 12.8 Å². The zero-order chi connectivity index (χ0) is 14.2. The van der Waals surface area contributed by atoms with Crippen LogP contribution >= 0.6 is 0 Å². The molecule has 2 rings (SSSR count). The van der Waals surface area contributed by atoms with Gasteiger partial charge in [0, 0.05) is 5.56 Å². The first-order valence-corrected chi connectivity index (χ1v) is 6.70. The van der Waals surface area contributed by atoms with Crippen molar-refractivity contribution in [2.24, 2.45) is 5.16 Å². The average molecular weight is 264 g/mol. The van der Waals surface area contributed by atoms with E-state index in [1.807, 2.05) is 42.5 Å². The van der Waals surface area contributed by atoms with Gasteiger partial charge in [-0.3, -0.25) is 0 Å². The number of hydrogen-bond acceptors (Lipinski definition) is 2. The topological polar surface area (TPSA) is 21.6 Å². The normalized spacial score (nSPS) is 10.7. The first-order chi connectivity index (χ1) is 9.83. The second-order valence-electron chi connectivity index (χ2n) is 4.43. The van der Waals surface area contributed by atoms with E-state index < -0.39 is 0 Å². The lowest BCUT2D eigenvalue weighted by molar-refractivity contribution is 0.132. The van der Waals surface area contributed by atoms with E-state index in [0.29, 0.717) is 6.61 Å². The van der Waals surface area contributed by atoms with E-state index in [0.717, 1.165) is 23.1 Å². The molecule has 101 valence electrons. The van der Waals surface area contributed by atoms with E-state index >= 15 is 0 Å². The fourth-order valence-electron chi connectivity index (χ4n) is 1.91. The molecule has 0 spiro atoms. The molecule has 0 heterocycles. The van der Waals surface area contributed by atoms with Crippen molar-refractivity contribution in [1.29, 1.82) is 0 Å². The predicted octanol–water partition coefficient (Wildman–Crippen LogP) is 4.32. The highest BCUT2D eigenvalue weighted by atomic mass is 16.6. The molecule has 20 heavy (non-hydrogen) atoms. The van der Waals surface area contributed by atoms with Gasteiger partial charge < -0.3 is 4.84 Å². The lowest BCUT2D eigenvalue weighted by atomic mass is 10.1. The fraction of sp³-hybridized carbons (Fsp3) is 0.167. The number of aryl methyl sites for hydroxylation is 1. The minimum Gasteiger partial charge on any atom is -0.390 e. The Hall–Kier alpha value is -2.35. The van der Waals surface area contributed by atoms with Crippen molar-refractivity contribution in [2.45, 2.75) is 20.0 Å². The summed E-state index contributed by atoms with van der Waals surface area (Å²) in [6, 6.07) is 16.1. The molecule has 2 aromatic rings. The van der Waals surface area contributed by atoms with Crippen LogP contribution in [0.2, 0.25) is 0 Å². The van der Waals surface area contributed by atoms with Crippen molar-refractivity contribution in [1.82, 2.24) is 0 Å². The molecule has 0 unspecified atom stereocenters. The van der Waals surface area contributed by atoms with Gasteiger partial charge in [0.15, 0.2) is 0 Å². The van der Waals surface area contributed by atoms with Crippen LogP contribution < -0.4 is 0 Å². The Bertz CT molecular complexity index is 602. The van der Waals surface area contributed by atoms with E-state index in [1.54, 1.807) is 0 Å². The summed E-state index contributed by atoms with van der Waals surface area (Å²) >= 11 is 0. The van der Waals surface area contributed by atoms with Crippen LogP contribution in [0.5, 0.6) is 0 Å². The lowest BCUT2D eigenvalue weighted by Crippen LogP contribution is -1.91. The van der Waals surface area contributed by atoms with Gasteiger partial charge in [-0.25, -0.2) is 0 Å². The van der Waals surface area contributed by atoms with Crippen LogP contribution in [0.25, 0.3) is 6.08 Å². The monoisotopic (exact) mass is 264 g/mol. The Morgan fingerprint density at radius 2 is 2.05 bits per heavy atom. The van der Waals surface area contributed by atoms with Crippen molar-refractivity contribution >= 4 is 12.3 Å². The van der Waals surface area contributed by atoms with E-state index in [9.17, 15) is 0 Å². The zero-order valence-electron chi connectivity index (χ0n) is 11.7. The summed E-state index contributed by atoms with van der Waals surface area (Å²) in [6.45, 7) is 6.33. The molecule has 2 heteroatoms.